The molecule has 0 aliphatic heterocycles. The van der Waals surface area contributed by atoms with Gasteiger partial charge in [0, 0.05) is 17.7 Å². The molecule has 0 saturated carbocycles. The summed E-state index contributed by atoms with van der Waals surface area (Å²) >= 11 is 0. The van der Waals surface area contributed by atoms with Crippen LogP contribution in [-0.4, -0.2) is 17.0 Å². The highest BCUT2D eigenvalue weighted by atomic mass is 16.5. The molecule has 0 saturated heterocycles. The molecule has 94 valence electrons. The first-order valence-electron chi connectivity index (χ1n) is 5.17. The Morgan fingerprint density at radius 2 is 1.88 bits per heavy atom. The van der Waals surface area contributed by atoms with E-state index in [2.05, 4.69) is 18.5 Å². The number of hydrogen-bond acceptors (Lipinski definition) is 3. The highest BCUT2D eigenvalue weighted by Gasteiger charge is 2.05. The maximum atomic E-state index is 11.4. The van der Waals surface area contributed by atoms with Gasteiger partial charge in [0.05, 0.1) is 0 Å². The summed E-state index contributed by atoms with van der Waals surface area (Å²) in [6, 6.07) is 0. The third-order valence-electron chi connectivity index (χ3n) is 1.77. The van der Waals surface area contributed by atoms with Crippen LogP contribution in [0.3, 0.4) is 0 Å². The van der Waals surface area contributed by atoms with Gasteiger partial charge in [0.25, 0.3) is 5.91 Å². The van der Waals surface area contributed by atoms with Gasteiger partial charge in [-0.1, -0.05) is 27.0 Å². The molecule has 0 aromatic heterocycles. The molecule has 0 atom stereocenters. The summed E-state index contributed by atoms with van der Waals surface area (Å²) in [5.74, 6) is -0.573. The fourth-order valence-electron chi connectivity index (χ4n) is 0.991. The predicted molar refractivity (Wildman–Crippen MR) is 64.9 cm³/mol. The van der Waals surface area contributed by atoms with Gasteiger partial charge in [-0.3, -0.25) is 14.8 Å². The van der Waals surface area contributed by atoms with E-state index >= 15 is 0 Å². The molecule has 3 N–H and O–H groups in total. The van der Waals surface area contributed by atoms with Crippen LogP contribution < -0.4 is 10.8 Å². The molecule has 17 heavy (non-hydrogen) atoms. The van der Waals surface area contributed by atoms with Gasteiger partial charge in [-0.25, -0.2) is 5.48 Å². The van der Waals surface area contributed by atoms with E-state index < -0.39 is 5.91 Å². The Morgan fingerprint density at radius 1 is 1.29 bits per heavy atom. The van der Waals surface area contributed by atoms with Gasteiger partial charge in [0.2, 0.25) is 5.91 Å². The maximum Gasteiger partial charge on any atom is 0.274 e. The van der Waals surface area contributed by atoms with E-state index in [4.69, 9.17) is 5.21 Å². The van der Waals surface area contributed by atoms with Crippen LogP contribution in [0.1, 0.15) is 20.3 Å². The number of hydrogen-bond donors (Lipinski definition) is 3. The zero-order chi connectivity index (χ0) is 13.4. The summed E-state index contributed by atoms with van der Waals surface area (Å²) in [4.78, 5) is 22.2. The van der Waals surface area contributed by atoms with Crippen molar-refractivity contribution in [3.63, 3.8) is 0 Å². The first kappa shape index (κ1) is 15.1. The summed E-state index contributed by atoms with van der Waals surface area (Å²) in [7, 11) is 0. The Morgan fingerprint density at radius 3 is 2.35 bits per heavy atom. The van der Waals surface area contributed by atoms with E-state index in [-0.39, 0.29) is 17.4 Å². The van der Waals surface area contributed by atoms with Crippen molar-refractivity contribution in [2.75, 3.05) is 0 Å². The molecule has 0 aliphatic carbocycles. The Bertz CT molecular complexity index is 357. The second-order valence-corrected chi connectivity index (χ2v) is 3.97. The maximum absolute atomic E-state index is 11.4. The molecule has 2 amide bonds. The minimum Gasteiger partial charge on any atom is -0.327 e. The van der Waals surface area contributed by atoms with Gasteiger partial charge in [-0.2, -0.15) is 0 Å². The largest absolute Gasteiger partial charge is 0.327 e. The van der Waals surface area contributed by atoms with Crippen molar-refractivity contribution in [2.45, 2.75) is 20.3 Å². The van der Waals surface area contributed by atoms with Gasteiger partial charge < -0.3 is 5.32 Å². The lowest BCUT2D eigenvalue weighted by molar-refractivity contribution is -0.125. The number of carbonyl (C=O) groups is 2. The molecule has 0 rings (SSSR count). The quantitative estimate of drug-likeness (QED) is 0.282. The average molecular weight is 238 g/mol. The lowest BCUT2D eigenvalue weighted by atomic mass is 10.1. The highest BCUT2D eigenvalue weighted by molar-refractivity contribution is 5.94. The number of carbonyl (C=O) groups excluding carboxylic acids is 2. The molecule has 5 heteroatoms. The van der Waals surface area contributed by atoms with E-state index in [1.54, 1.807) is 0 Å². The Balaban J connectivity index is 4.18. The van der Waals surface area contributed by atoms with E-state index in [0.29, 0.717) is 12.1 Å². The van der Waals surface area contributed by atoms with Crippen molar-refractivity contribution in [3.8, 4) is 0 Å². The van der Waals surface area contributed by atoms with Gasteiger partial charge >= 0.3 is 0 Å². The predicted octanol–water partition coefficient (Wildman–Crippen LogP) is 1.28. The fraction of sp³-hybridized carbons (Fsp3) is 0.333. The van der Waals surface area contributed by atoms with Crippen molar-refractivity contribution >= 4 is 11.8 Å². The van der Waals surface area contributed by atoms with Crippen molar-refractivity contribution in [2.24, 2.45) is 5.92 Å². The zero-order valence-corrected chi connectivity index (χ0v) is 10.1. The van der Waals surface area contributed by atoms with Crippen LogP contribution in [0.25, 0.3) is 0 Å². The monoisotopic (exact) mass is 238 g/mol. The van der Waals surface area contributed by atoms with Crippen LogP contribution in [0.2, 0.25) is 0 Å². The molecule has 5 nitrogen and oxygen atoms in total. The molecule has 0 aromatic carbocycles. The minimum atomic E-state index is -0.706. The smallest absolute Gasteiger partial charge is 0.274 e. The van der Waals surface area contributed by atoms with Crippen LogP contribution in [0, 0.1) is 5.92 Å². The van der Waals surface area contributed by atoms with Crippen molar-refractivity contribution < 1.29 is 14.8 Å². The van der Waals surface area contributed by atoms with Gasteiger partial charge in [-0.05, 0) is 18.1 Å². The summed E-state index contributed by atoms with van der Waals surface area (Å²) in [6.07, 6.45) is 3.20. The van der Waals surface area contributed by atoms with Gasteiger partial charge in [0.1, 0.15) is 0 Å². The Hall–Kier alpha value is -1.88. The van der Waals surface area contributed by atoms with E-state index in [9.17, 15) is 9.59 Å². The SMILES string of the molecule is C=C(/C=C\C(=C)C(=O)NO)NC(=O)CC(C)C. The van der Waals surface area contributed by atoms with Crippen LogP contribution in [0.5, 0.6) is 0 Å². The van der Waals surface area contributed by atoms with Crippen LogP contribution in [-0.2, 0) is 9.59 Å². The van der Waals surface area contributed by atoms with Crippen LogP contribution in [0.4, 0.5) is 0 Å². The molecular formula is C12H18N2O3. The molecule has 0 heterocycles. The van der Waals surface area contributed by atoms with Crippen molar-refractivity contribution in [3.05, 3.63) is 36.6 Å². The summed E-state index contributed by atoms with van der Waals surface area (Å²) in [6.45, 7) is 10.9. The van der Waals surface area contributed by atoms with Crippen molar-refractivity contribution in [1.82, 2.24) is 10.8 Å². The van der Waals surface area contributed by atoms with Gasteiger partial charge in [-0.15, -0.1) is 0 Å². The number of nitrogens with one attached hydrogen (secondary N) is 2. The number of hydroxylamine groups is 1. The normalized spacial score (nSPS) is 10.4. The third-order valence-corrected chi connectivity index (χ3v) is 1.77. The molecule has 0 bridgehead atoms. The molecule has 0 unspecified atom stereocenters. The Kier molecular flexibility index (Phi) is 6.58. The first-order chi connectivity index (χ1) is 7.86. The van der Waals surface area contributed by atoms with Crippen LogP contribution in [0.15, 0.2) is 36.6 Å². The summed E-state index contributed by atoms with van der Waals surface area (Å²) in [5.41, 5.74) is 1.87. The van der Waals surface area contributed by atoms with Crippen LogP contribution >= 0.6 is 0 Å². The van der Waals surface area contributed by atoms with E-state index in [0.717, 1.165) is 0 Å². The van der Waals surface area contributed by atoms with Gasteiger partial charge in [0.15, 0.2) is 0 Å². The first-order valence-corrected chi connectivity index (χ1v) is 5.17. The van der Waals surface area contributed by atoms with E-state index in [1.165, 1.54) is 17.6 Å². The second-order valence-electron chi connectivity index (χ2n) is 3.97. The van der Waals surface area contributed by atoms with E-state index in [1.807, 2.05) is 13.8 Å². The minimum absolute atomic E-state index is 0.0618. The Labute approximate surface area is 101 Å². The molecular weight excluding hydrogens is 220 g/mol. The molecule has 0 fully saturated rings. The lowest BCUT2D eigenvalue weighted by Crippen LogP contribution is -2.22. The van der Waals surface area contributed by atoms with Crippen molar-refractivity contribution in [1.29, 1.82) is 0 Å². The molecule has 0 aliphatic rings. The number of rotatable bonds is 6. The summed E-state index contributed by atoms with van der Waals surface area (Å²) in [5, 5.41) is 10.9. The molecule has 0 aromatic rings. The third kappa shape index (κ3) is 7.08. The standard InChI is InChI=1S/C12H18N2O3/c1-8(2)7-11(15)13-10(4)6-5-9(3)12(16)14-17/h5-6,8,17H,3-4,7H2,1-2H3,(H,13,15)(H,14,16)/b6-5-. The molecule has 0 radical (unpaired) electrons. The number of allylic oxidation sites excluding steroid dienone is 1. The fourth-order valence-corrected chi connectivity index (χ4v) is 0.991. The molecule has 0 spiro atoms. The topological polar surface area (TPSA) is 78.4 Å². The summed E-state index contributed by atoms with van der Waals surface area (Å²) < 4.78 is 0. The highest BCUT2D eigenvalue weighted by Crippen LogP contribution is 2.01. The second kappa shape index (κ2) is 7.40. The zero-order valence-electron chi connectivity index (χ0n) is 10.1. The lowest BCUT2D eigenvalue weighted by Gasteiger charge is -2.06. The average Bonchev–Trinajstić information content (AvgIpc) is 2.23. The number of amides is 2.